The van der Waals surface area contributed by atoms with Crippen LogP contribution in [0.2, 0.25) is 0 Å². The zero-order valence-corrected chi connectivity index (χ0v) is 23.4. The molecule has 35 heavy (non-hydrogen) atoms. The zero-order chi connectivity index (χ0) is 26.8. The van der Waals surface area contributed by atoms with Crippen LogP contribution in [0.3, 0.4) is 0 Å². The molecule has 0 spiro atoms. The van der Waals surface area contributed by atoms with Gasteiger partial charge in [0, 0.05) is 32.3 Å². The highest BCUT2D eigenvalue weighted by Gasteiger charge is 2.37. The minimum atomic E-state index is -0.656. The molecule has 202 valence electrons. The minimum Gasteiger partial charge on any atom is -0.391 e. The molecular formula is C27H50N4O4. The molecule has 8 nitrogen and oxygen atoms in total. The fraction of sp³-hybridized carbons (Fsp3) is 0.815. The van der Waals surface area contributed by atoms with Gasteiger partial charge in [0.1, 0.15) is 6.04 Å². The van der Waals surface area contributed by atoms with Gasteiger partial charge in [0.05, 0.1) is 12.1 Å². The zero-order valence-electron chi connectivity index (χ0n) is 23.4. The van der Waals surface area contributed by atoms with E-state index < -0.39 is 17.6 Å². The van der Waals surface area contributed by atoms with E-state index in [1.54, 1.807) is 29.8 Å². The molecule has 0 aromatic heterocycles. The first-order chi connectivity index (χ1) is 16.3. The number of nitrogens with one attached hydrogen (secondary N) is 1. The van der Waals surface area contributed by atoms with Crippen LogP contribution in [0.5, 0.6) is 0 Å². The van der Waals surface area contributed by atoms with Gasteiger partial charge in [-0.1, -0.05) is 53.5 Å². The van der Waals surface area contributed by atoms with Gasteiger partial charge in [-0.25, -0.2) is 0 Å². The molecule has 2 saturated heterocycles. The number of nitrogens with zero attached hydrogens (tertiary/aromatic N) is 3. The first-order valence-electron chi connectivity index (χ1n) is 13.2. The standard InChI is InChI=1S/C24H42N4O4.C3H8/c1-17(22(31)28-14-9-10-18(29)16-28)12-15-27(6)23(32)20(24(2,3)4)25-21(30)19-11-7-8-13-26(19)5;1-3-2/h12,18-20,29H,7-11,13-16H2,1-6H3,(H,25,30);3H2,1-2H3/b17-12+;. The Bertz CT molecular complexity index is 731. The van der Waals surface area contributed by atoms with E-state index in [0.717, 1.165) is 38.6 Å². The SMILES string of the molecule is C/C(=C\CN(C)C(=O)C(NC(=O)C1CCCCN1C)C(C)(C)C)C(=O)N1CCCC(O)C1.CCC. The lowest BCUT2D eigenvalue weighted by Crippen LogP contribution is -2.58. The number of hydrogen-bond acceptors (Lipinski definition) is 5. The lowest BCUT2D eigenvalue weighted by atomic mass is 9.85. The highest BCUT2D eigenvalue weighted by Crippen LogP contribution is 2.23. The summed E-state index contributed by atoms with van der Waals surface area (Å²) in [6, 6.07) is -0.858. The summed E-state index contributed by atoms with van der Waals surface area (Å²) in [4.78, 5) is 44.1. The number of aliphatic hydroxyl groups is 1. The Labute approximate surface area is 213 Å². The number of β-amino-alcohol motifs (C(OH)–C–C–N with tert-alkyl or cyclic N) is 1. The van der Waals surface area contributed by atoms with E-state index in [1.807, 2.05) is 27.8 Å². The fourth-order valence-corrected chi connectivity index (χ4v) is 4.35. The van der Waals surface area contributed by atoms with Crippen molar-refractivity contribution in [1.29, 1.82) is 0 Å². The molecule has 2 rings (SSSR count). The molecule has 2 heterocycles. The van der Waals surface area contributed by atoms with Crippen LogP contribution in [0.25, 0.3) is 0 Å². The Morgan fingerprint density at radius 3 is 2.29 bits per heavy atom. The van der Waals surface area contributed by atoms with Crippen LogP contribution in [0, 0.1) is 5.41 Å². The molecule has 8 heteroatoms. The third-order valence-electron chi connectivity index (χ3n) is 6.54. The number of rotatable bonds is 6. The second-order valence-corrected chi connectivity index (χ2v) is 11.2. The molecule has 3 amide bonds. The Balaban J connectivity index is 0.00000194. The average molecular weight is 495 g/mol. The van der Waals surface area contributed by atoms with Crippen LogP contribution < -0.4 is 5.32 Å². The first kappa shape index (κ1) is 31.1. The Morgan fingerprint density at radius 1 is 1.11 bits per heavy atom. The highest BCUT2D eigenvalue weighted by atomic mass is 16.3. The molecule has 3 unspecified atom stereocenters. The van der Waals surface area contributed by atoms with Crippen molar-refractivity contribution in [3.05, 3.63) is 11.6 Å². The molecule has 0 aromatic rings. The van der Waals surface area contributed by atoms with Gasteiger partial charge in [0.25, 0.3) is 0 Å². The quantitative estimate of drug-likeness (QED) is 0.554. The van der Waals surface area contributed by atoms with E-state index in [9.17, 15) is 19.5 Å². The van der Waals surface area contributed by atoms with Crippen LogP contribution in [-0.4, -0.2) is 96.0 Å². The number of likely N-dealkylation sites (tertiary alicyclic amines) is 2. The van der Waals surface area contributed by atoms with Crippen molar-refractivity contribution in [1.82, 2.24) is 20.0 Å². The number of aliphatic hydroxyl groups excluding tert-OH is 1. The summed E-state index contributed by atoms with van der Waals surface area (Å²) in [5, 5.41) is 12.8. The Morgan fingerprint density at radius 2 is 1.74 bits per heavy atom. The van der Waals surface area contributed by atoms with Crippen molar-refractivity contribution in [2.75, 3.05) is 40.3 Å². The van der Waals surface area contributed by atoms with Gasteiger partial charge in [-0.15, -0.1) is 0 Å². The second kappa shape index (κ2) is 14.6. The molecule has 0 bridgehead atoms. The maximum Gasteiger partial charge on any atom is 0.249 e. The summed E-state index contributed by atoms with van der Waals surface area (Å²) < 4.78 is 0. The minimum absolute atomic E-state index is 0.0977. The highest BCUT2D eigenvalue weighted by molar-refractivity contribution is 5.93. The summed E-state index contributed by atoms with van der Waals surface area (Å²) >= 11 is 0. The van der Waals surface area contributed by atoms with E-state index in [0.29, 0.717) is 18.7 Å². The molecule has 2 aliphatic heterocycles. The van der Waals surface area contributed by atoms with E-state index in [1.165, 1.54) is 6.42 Å². The third kappa shape index (κ3) is 9.92. The predicted molar refractivity (Wildman–Crippen MR) is 141 cm³/mol. The van der Waals surface area contributed by atoms with Gasteiger partial charge < -0.3 is 20.2 Å². The van der Waals surface area contributed by atoms with Crippen LogP contribution >= 0.6 is 0 Å². The monoisotopic (exact) mass is 494 g/mol. The van der Waals surface area contributed by atoms with Crippen molar-refractivity contribution in [3.63, 3.8) is 0 Å². The molecule has 3 atom stereocenters. The molecule has 2 N–H and O–H groups in total. The molecule has 0 aromatic carbocycles. The number of likely N-dealkylation sites (N-methyl/N-ethyl adjacent to an activating group) is 2. The molecule has 0 aliphatic carbocycles. The summed E-state index contributed by atoms with van der Waals surface area (Å²) in [5.41, 5.74) is 0.103. The summed E-state index contributed by atoms with van der Waals surface area (Å²) in [5.74, 6) is -0.376. The summed E-state index contributed by atoms with van der Waals surface area (Å²) in [6.07, 6.45) is 6.95. The number of amides is 3. The van der Waals surface area contributed by atoms with Gasteiger partial charge in [-0.2, -0.15) is 0 Å². The van der Waals surface area contributed by atoms with E-state index in [-0.39, 0.29) is 30.3 Å². The van der Waals surface area contributed by atoms with Gasteiger partial charge in [-0.05, 0) is 51.6 Å². The van der Waals surface area contributed by atoms with Crippen molar-refractivity contribution < 1.29 is 19.5 Å². The normalized spacial score (nSPS) is 22.5. The third-order valence-corrected chi connectivity index (χ3v) is 6.54. The van der Waals surface area contributed by atoms with Gasteiger partial charge in [-0.3, -0.25) is 19.3 Å². The maximum atomic E-state index is 13.3. The molecule has 0 saturated carbocycles. The number of piperidine rings is 2. The van der Waals surface area contributed by atoms with Crippen LogP contribution in [-0.2, 0) is 14.4 Å². The van der Waals surface area contributed by atoms with Crippen molar-refractivity contribution in [3.8, 4) is 0 Å². The first-order valence-corrected chi connectivity index (χ1v) is 13.2. The summed E-state index contributed by atoms with van der Waals surface area (Å²) in [6.45, 7) is 14.0. The Kier molecular flexibility index (Phi) is 13.0. The lowest BCUT2D eigenvalue weighted by Gasteiger charge is -2.37. The fourth-order valence-electron chi connectivity index (χ4n) is 4.35. The van der Waals surface area contributed by atoms with E-state index in [4.69, 9.17) is 0 Å². The second-order valence-electron chi connectivity index (χ2n) is 11.2. The number of carbonyl (C=O) groups is 3. The average Bonchev–Trinajstić information content (AvgIpc) is 2.79. The maximum absolute atomic E-state index is 13.3. The van der Waals surface area contributed by atoms with E-state index in [2.05, 4.69) is 24.1 Å². The number of carbonyl (C=O) groups excluding carboxylic acids is 3. The lowest BCUT2D eigenvalue weighted by molar-refractivity contribution is -0.139. The number of hydrogen-bond donors (Lipinski definition) is 2. The molecule has 0 radical (unpaired) electrons. The molecular weight excluding hydrogens is 444 g/mol. The summed E-state index contributed by atoms with van der Waals surface area (Å²) in [7, 11) is 3.65. The smallest absolute Gasteiger partial charge is 0.249 e. The van der Waals surface area contributed by atoms with E-state index >= 15 is 0 Å². The molecule has 2 fully saturated rings. The van der Waals surface area contributed by atoms with Gasteiger partial charge >= 0.3 is 0 Å². The largest absolute Gasteiger partial charge is 0.391 e. The topological polar surface area (TPSA) is 93.2 Å². The Hall–Kier alpha value is -1.93. The van der Waals surface area contributed by atoms with Gasteiger partial charge in [0.2, 0.25) is 17.7 Å². The van der Waals surface area contributed by atoms with Crippen molar-refractivity contribution in [2.24, 2.45) is 5.41 Å². The predicted octanol–water partition coefficient (Wildman–Crippen LogP) is 2.81. The van der Waals surface area contributed by atoms with Crippen LogP contribution in [0.4, 0.5) is 0 Å². The van der Waals surface area contributed by atoms with Gasteiger partial charge in [0.15, 0.2) is 0 Å². The van der Waals surface area contributed by atoms with Crippen molar-refractivity contribution >= 4 is 17.7 Å². The molecule has 2 aliphatic rings. The van der Waals surface area contributed by atoms with Crippen molar-refractivity contribution in [2.45, 2.75) is 98.3 Å². The van der Waals surface area contributed by atoms with Crippen LogP contribution in [0.1, 0.15) is 80.1 Å². The van der Waals surface area contributed by atoms with Crippen LogP contribution in [0.15, 0.2) is 11.6 Å².